The second-order valence-electron chi connectivity index (χ2n) is 7.89. The molecular formula is C22H21N5O3. The third-order valence-corrected chi connectivity index (χ3v) is 6.07. The molecular weight excluding hydrogens is 382 g/mol. The summed E-state index contributed by atoms with van der Waals surface area (Å²) in [6.45, 7) is 2.09. The van der Waals surface area contributed by atoms with E-state index in [1.165, 1.54) is 4.90 Å². The van der Waals surface area contributed by atoms with Gasteiger partial charge in [-0.3, -0.25) is 14.5 Å². The van der Waals surface area contributed by atoms with E-state index in [1.807, 2.05) is 42.5 Å². The number of hydrogen-bond donors (Lipinski definition) is 1. The quantitative estimate of drug-likeness (QED) is 0.717. The summed E-state index contributed by atoms with van der Waals surface area (Å²) in [6, 6.07) is 12.9. The van der Waals surface area contributed by atoms with E-state index >= 15 is 0 Å². The van der Waals surface area contributed by atoms with E-state index in [0.29, 0.717) is 18.1 Å². The lowest BCUT2D eigenvalue weighted by atomic mass is 10.1. The topological polar surface area (TPSA) is 101 Å². The molecule has 1 unspecified atom stereocenters. The van der Waals surface area contributed by atoms with Crippen LogP contribution in [0, 0.1) is 11.8 Å². The molecule has 0 saturated heterocycles. The van der Waals surface area contributed by atoms with Gasteiger partial charge in [-0.25, -0.2) is 4.98 Å². The van der Waals surface area contributed by atoms with E-state index < -0.39 is 11.9 Å². The molecule has 2 amide bonds. The number of likely N-dealkylation sites (N-methyl/N-ethyl adjacent to an activating group) is 1. The average Bonchev–Trinajstić information content (AvgIpc) is 3.21. The fourth-order valence-corrected chi connectivity index (χ4v) is 4.47. The third-order valence-electron chi connectivity index (χ3n) is 6.07. The lowest BCUT2D eigenvalue weighted by molar-refractivity contribution is -0.120. The first-order valence-electron chi connectivity index (χ1n) is 9.94. The highest BCUT2D eigenvalue weighted by atomic mass is 16.4. The van der Waals surface area contributed by atoms with Crippen LogP contribution in [0.3, 0.4) is 0 Å². The normalized spacial score (nSPS) is 24.6. The van der Waals surface area contributed by atoms with E-state index in [-0.39, 0.29) is 29.6 Å². The number of rotatable bonds is 4. The van der Waals surface area contributed by atoms with Crippen molar-refractivity contribution in [2.75, 3.05) is 11.9 Å². The van der Waals surface area contributed by atoms with Gasteiger partial charge in [-0.2, -0.15) is 0 Å². The lowest BCUT2D eigenvalue weighted by Crippen LogP contribution is -2.49. The van der Waals surface area contributed by atoms with Gasteiger partial charge in [0.05, 0.1) is 6.42 Å². The molecule has 4 atom stereocenters. The van der Waals surface area contributed by atoms with E-state index in [2.05, 4.69) is 27.4 Å². The summed E-state index contributed by atoms with van der Waals surface area (Å²) >= 11 is 0. The minimum Gasteiger partial charge on any atom is -0.417 e. The summed E-state index contributed by atoms with van der Waals surface area (Å²) in [6.07, 6.45) is 2.12. The Hall–Kier alpha value is -3.55. The van der Waals surface area contributed by atoms with Crippen LogP contribution in [-0.2, 0) is 11.2 Å². The summed E-state index contributed by atoms with van der Waals surface area (Å²) in [5.41, 5.74) is 2.05. The molecule has 1 fully saturated rings. The molecule has 30 heavy (non-hydrogen) atoms. The van der Waals surface area contributed by atoms with Gasteiger partial charge >= 0.3 is 11.8 Å². The first kappa shape index (κ1) is 18.5. The van der Waals surface area contributed by atoms with Crippen LogP contribution in [0.15, 0.2) is 53.1 Å². The van der Waals surface area contributed by atoms with Crippen molar-refractivity contribution in [1.29, 1.82) is 0 Å². The number of aromatic nitrogens is 3. The maximum Gasteiger partial charge on any atom is 0.309 e. The zero-order valence-electron chi connectivity index (χ0n) is 16.6. The molecule has 8 nitrogen and oxygen atoms in total. The average molecular weight is 403 g/mol. The highest BCUT2D eigenvalue weighted by Gasteiger charge is 2.58. The monoisotopic (exact) mass is 403 g/mol. The fourth-order valence-electron chi connectivity index (χ4n) is 4.47. The maximum atomic E-state index is 13.1. The second-order valence-corrected chi connectivity index (χ2v) is 7.89. The predicted octanol–water partition coefficient (Wildman–Crippen LogP) is 2.18. The van der Waals surface area contributed by atoms with Crippen LogP contribution in [0.5, 0.6) is 0 Å². The number of amides is 2. The SMILES string of the molecule is C[C@@H]1C2[C@H](NC(=O)c3nnc(Cc4ccccc4)o3)C(=O)N(C)c3ncccc3[C@@H]21. The van der Waals surface area contributed by atoms with Gasteiger partial charge in [0.15, 0.2) is 0 Å². The molecule has 2 aromatic heterocycles. The number of pyridine rings is 1. The number of nitrogens with one attached hydrogen (secondary N) is 1. The van der Waals surface area contributed by atoms with Crippen molar-refractivity contribution in [2.45, 2.75) is 25.3 Å². The Morgan fingerprint density at radius 3 is 2.77 bits per heavy atom. The summed E-state index contributed by atoms with van der Waals surface area (Å²) in [4.78, 5) is 31.8. The minimum absolute atomic E-state index is 0.0149. The molecule has 1 aliphatic heterocycles. The van der Waals surface area contributed by atoms with Crippen LogP contribution in [0.4, 0.5) is 5.82 Å². The second kappa shape index (κ2) is 7.05. The number of fused-ring (bicyclic) bond motifs is 3. The van der Waals surface area contributed by atoms with Gasteiger partial charge in [-0.1, -0.05) is 43.3 Å². The number of carbonyl (C=O) groups is 2. The molecule has 0 bridgehead atoms. The van der Waals surface area contributed by atoms with Crippen molar-refractivity contribution in [3.63, 3.8) is 0 Å². The standard InChI is InChI=1S/C22H21N5O3/c1-12-16-14-9-6-10-23-19(14)27(2)22(29)18(17(12)16)24-20(28)21-26-25-15(30-21)11-13-7-4-3-5-8-13/h3-10,12,16-18H,11H2,1-2H3,(H,24,28)/t12-,16-,17?,18-/m0/s1. The molecule has 1 aliphatic carbocycles. The van der Waals surface area contributed by atoms with Crippen molar-refractivity contribution >= 4 is 17.6 Å². The number of anilines is 1. The molecule has 152 valence electrons. The van der Waals surface area contributed by atoms with Crippen molar-refractivity contribution in [1.82, 2.24) is 20.5 Å². The van der Waals surface area contributed by atoms with E-state index in [1.54, 1.807) is 13.2 Å². The van der Waals surface area contributed by atoms with Gasteiger partial charge in [0, 0.05) is 13.2 Å². The summed E-state index contributed by atoms with van der Waals surface area (Å²) in [5.74, 6) is 0.611. The highest BCUT2D eigenvalue weighted by molar-refractivity contribution is 6.02. The van der Waals surface area contributed by atoms with Crippen LogP contribution in [0.25, 0.3) is 0 Å². The van der Waals surface area contributed by atoms with Crippen LogP contribution < -0.4 is 10.2 Å². The third kappa shape index (κ3) is 3.04. The van der Waals surface area contributed by atoms with Crippen LogP contribution in [0.1, 0.15) is 40.5 Å². The van der Waals surface area contributed by atoms with Crippen molar-refractivity contribution in [2.24, 2.45) is 11.8 Å². The molecule has 5 rings (SSSR count). The molecule has 1 aromatic carbocycles. The van der Waals surface area contributed by atoms with Crippen molar-refractivity contribution in [3.05, 3.63) is 71.6 Å². The Balaban J connectivity index is 1.35. The van der Waals surface area contributed by atoms with E-state index in [0.717, 1.165) is 11.1 Å². The van der Waals surface area contributed by atoms with Crippen LogP contribution in [-0.4, -0.2) is 40.1 Å². The zero-order valence-corrected chi connectivity index (χ0v) is 16.6. The molecule has 3 aromatic rings. The van der Waals surface area contributed by atoms with Crippen molar-refractivity contribution in [3.8, 4) is 0 Å². The van der Waals surface area contributed by atoms with Crippen LogP contribution >= 0.6 is 0 Å². The molecule has 2 aliphatic rings. The van der Waals surface area contributed by atoms with E-state index in [4.69, 9.17) is 4.42 Å². The molecule has 0 spiro atoms. The number of benzene rings is 1. The van der Waals surface area contributed by atoms with E-state index in [9.17, 15) is 9.59 Å². The Bertz CT molecular complexity index is 1110. The summed E-state index contributed by atoms with van der Waals surface area (Å²) in [5, 5.41) is 10.7. The highest BCUT2D eigenvalue weighted by Crippen LogP contribution is 2.58. The molecule has 0 radical (unpaired) electrons. The lowest BCUT2D eigenvalue weighted by Gasteiger charge is -2.23. The fraction of sp³-hybridized carbons (Fsp3) is 0.318. The number of nitrogens with zero attached hydrogens (tertiary/aromatic N) is 4. The predicted molar refractivity (Wildman–Crippen MR) is 108 cm³/mol. The van der Waals surface area contributed by atoms with Gasteiger partial charge in [0.2, 0.25) is 5.89 Å². The Labute approximate surface area is 173 Å². The minimum atomic E-state index is -0.666. The summed E-state index contributed by atoms with van der Waals surface area (Å²) in [7, 11) is 1.69. The largest absolute Gasteiger partial charge is 0.417 e. The van der Waals surface area contributed by atoms with Gasteiger partial charge in [0.1, 0.15) is 11.9 Å². The molecule has 1 saturated carbocycles. The summed E-state index contributed by atoms with van der Waals surface area (Å²) < 4.78 is 5.55. The van der Waals surface area contributed by atoms with Crippen LogP contribution in [0.2, 0.25) is 0 Å². The first-order chi connectivity index (χ1) is 14.5. The Kier molecular flexibility index (Phi) is 4.34. The van der Waals surface area contributed by atoms with Gasteiger partial charge in [-0.15, -0.1) is 10.2 Å². The van der Waals surface area contributed by atoms with Crippen molar-refractivity contribution < 1.29 is 14.0 Å². The van der Waals surface area contributed by atoms with Gasteiger partial charge < -0.3 is 9.73 Å². The number of carbonyl (C=O) groups excluding carboxylic acids is 2. The van der Waals surface area contributed by atoms with Gasteiger partial charge in [-0.05, 0) is 34.9 Å². The number of hydrogen-bond acceptors (Lipinski definition) is 6. The smallest absolute Gasteiger partial charge is 0.309 e. The maximum absolute atomic E-state index is 13.1. The van der Waals surface area contributed by atoms with Gasteiger partial charge in [0.25, 0.3) is 5.91 Å². The molecule has 1 N–H and O–H groups in total. The Morgan fingerprint density at radius 1 is 1.17 bits per heavy atom. The first-order valence-corrected chi connectivity index (χ1v) is 9.94. The zero-order chi connectivity index (χ0) is 20.8. The molecule has 8 heteroatoms. The molecule has 3 heterocycles. The Morgan fingerprint density at radius 2 is 1.97 bits per heavy atom.